The molecule has 148 valence electrons. The summed E-state index contributed by atoms with van der Waals surface area (Å²) in [6.45, 7) is 7.66. The quantitative estimate of drug-likeness (QED) is 0.343. The number of nitrogens with zero attached hydrogens (tertiary/aromatic N) is 1. The van der Waals surface area contributed by atoms with Crippen molar-refractivity contribution in [2.45, 2.75) is 78.6 Å². The van der Waals surface area contributed by atoms with E-state index in [9.17, 15) is 0 Å². The lowest BCUT2D eigenvalue weighted by atomic mass is 10.0. The Kier molecular flexibility index (Phi) is 9.97. The topological polar surface area (TPSA) is 22.1 Å². The summed E-state index contributed by atoms with van der Waals surface area (Å²) in [5, 5.41) is 0. The van der Waals surface area contributed by atoms with Crippen molar-refractivity contribution in [1.82, 2.24) is 4.98 Å². The highest BCUT2D eigenvalue weighted by atomic mass is 16.5. The van der Waals surface area contributed by atoms with Crippen LogP contribution < -0.4 is 4.74 Å². The Morgan fingerprint density at radius 2 is 1.70 bits per heavy atom. The van der Waals surface area contributed by atoms with E-state index in [1.54, 1.807) is 0 Å². The van der Waals surface area contributed by atoms with Gasteiger partial charge in [-0.15, -0.1) is 0 Å². The minimum Gasteiger partial charge on any atom is -0.494 e. The number of aryl methyl sites for hydroxylation is 1. The maximum absolute atomic E-state index is 5.88. The van der Waals surface area contributed by atoms with E-state index in [0.29, 0.717) is 0 Å². The highest BCUT2D eigenvalue weighted by Crippen LogP contribution is 2.21. The van der Waals surface area contributed by atoms with Crippen molar-refractivity contribution in [3.8, 4) is 17.0 Å². The van der Waals surface area contributed by atoms with Gasteiger partial charge in [0.05, 0.1) is 12.3 Å². The monoisotopic (exact) mass is 367 g/mol. The molecule has 27 heavy (non-hydrogen) atoms. The van der Waals surface area contributed by atoms with Gasteiger partial charge in [-0.1, -0.05) is 65.4 Å². The molecule has 0 N–H and O–H groups in total. The molecular weight excluding hydrogens is 330 g/mol. The van der Waals surface area contributed by atoms with E-state index in [0.717, 1.165) is 42.4 Å². The third-order valence-electron chi connectivity index (χ3n) is 5.35. The number of benzene rings is 1. The summed E-state index contributed by atoms with van der Waals surface area (Å²) < 4.78 is 5.88. The van der Waals surface area contributed by atoms with Crippen LogP contribution in [0.4, 0.5) is 0 Å². The average molecular weight is 368 g/mol. The van der Waals surface area contributed by atoms with Gasteiger partial charge < -0.3 is 4.74 Å². The Balaban J connectivity index is 1.73. The minimum absolute atomic E-state index is 0.810. The second-order valence-electron chi connectivity index (χ2n) is 7.74. The largest absolute Gasteiger partial charge is 0.494 e. The van der Waals surface area contributed by atoms with Crippen LogP contribution in [-0.4, -0.2) is 11.6 Å². The Hall–Kier alpha value is -1.83. The number of ether oxygens (including phenoxy) is 1. The standard InChI is InChI=1S/C25H37NO/c1-4-6-8-12-22-13-18-25(26-20-22)23-14-16-24(17-15-23)27-19-10-7-9-11-21(3)5-2/h13-18,20-21H,4-12,19H2,1-3H3. The van der Waals surface area contributed by atoms with Gasteiger partial charge in [0.1, 0.15) is 5.75 Å². The van der Waals surface area contributed by atoms with Crippen molar-refractivity contribution in [2.75, 3.05) is 6.61 Å². The SMILES string of the molecule is CCCCCc1ccc(-c2ccc(OCCCCCC(C)CC)cc2)nc1. The average Bonchev–Trinajstić information content (AvgIpc) is 2.71. The van der Waals surface area contributed by atoms with E-state index in [-0.39, 0.29) is 0 Å². The zero-order valence-corrected chi connectivity index (χ0v) is 17.5. The predicted molar refractivity (Wildman–Crippen MR) is 116 cm³/mol. The Labute approximate surface area is 166 Å². The van der Waals surface area contributed by atoms with Gasteiger partial charge in [0.25, 0.3) is 0 Å². The molecule has 0 saturated heterocycles. The summed E-state index contributed by atoms with van der Waals surface area (Å²) in [7, 11) is 0. The molecule has 1 aromatic carbocycles. The number of pyridine rings is 1. The van der Waals surface area contributed by atoms with Crippen LogP contribution in [0.3, 0.4) is 0 Å². The van der Waals surface area contributed by atoms with Crippen LogP contribution in [0.15, 0.2) is 42.6 Å². The van der Waals surface area contributed by atoms with Crippen molar-refractivity contribution in [3.63, 3.8) is 0 Å². The molecular formula is C25H37NO. The molecule has 0 spiro atoms. The molecule has 2 aromatic rings. The van der Waals surface area contributed by atoms with E-state index in [2.05, 4.69) is 62.2 Å². The fourth-order valence-corrected chi connectivity index (χ4v) is 3.21. The van der Waals surface area contributed by atoms with Crippen LogP contribution in [-0.2, 0) is 6.42 Å². The number of hydrogen-bond donors (Lipinski definition) is 0. The lowest BCUT2D eigenvalue weighted by Crippen LogP contribution is -1.98. The smallest absolute Gasteiger partial charge is 0.119 e. The van der Waals surface area contributed by atoms with E-state index in [4.69, 9.17) is 4.74 Å². The van der Waals surface area contributed by atoms with Crippen molar-refractivity contribution < 1.29 is 4.74 Å². The molecule has 0 amide bonds. The summed E-state index contributed by atoms with van der Waals surface area (Å²) >= 11 is 0. The minimum atomic E-state index is 0.810. The van der Waals surface area contributed by atoms with E-state index < -0.39 is 0 Å². The first-order valence-electron chi connectivity index (χ1n) is 10.9. The first-order valence-corrected chi connectivity index (χ1v) is 10.9. The maximum atomic E-state index is 5.88. The van der Waals surface area contributed by atoms with Gasteiger partial charge in [-0.25, -0.2) is 0 Å². The van der Waals surface area contributed by atoms with Crippen LogP contribution >= 0.6 is 0 Å². The summed E-state index contributed by atoms with van der Waals surface area (Å²) in [6, 6.07) is 12.7. The molecule has 2 heteroatoms. The van der Waals surface area contributed by atoms with Gasteiger partial charge in [-0.2, -0.15) is 0 Å². The summed E-state index contributed by atoms with van der Waals surface area (Å²) in [5.41, 5.74) is 3.52. The van der Waals surface area contributed by atoms with Crippen LogP contribution in [0.2, 0.25) is 0 Å². The first kappa shape index (κ1) is 21.5. The van der Waals surface area contributed by atoms with Crippen molar-refractivity contribution in [3.05, 3.63) is 48.2 Å². The van der Waals surface area contributed by atoms with Crippen molar-refractivity contribution in [2.24, 2.45) is 5.92 Å². The summed E-state index contributed by atoms with van der Waals surface area (Å²) in [5.74, 6) is 1.81. The highest BCUT2D eigenvalue weighted by Gasteiger charge is 2.02. The first-order chi connectivity index (χ1) is 13.2. The second kappa shape index (κ2) is 12.5. The zero-order valence-electron chi connectivity index (χ0n) is 17.5. The van der Waals surface area contributed by atoms with Crippen molar-refractivity contribution >= 4 is 0 Å². The van der Waals surface area contributed by atoms with Gasteiger partial charge in [0, 0.05) is 11.8 Å². The Morgan fingerprint density at radius 3 is 2.37 bits per heavy atom. The number of aromatic nitrogens is 1. The van der Waals surface area contributed by atoms with Crippen LogP contribution in [0.5, 0.6) is 5.75 Å². The van der Waals surface area contributed by atoms with Gasteiger partial charge in [-0.3, -0.25) is 4.98 Å². The van der Waals surface area contributed by atoms with Gasteiger partial charge in [0.2, 0.25) is 0 Å². The van der Waals surface area contributed by atoms with E-state index in [1.807, 2.05) is 6.20 Å². The van der Waals surface area contributed by atoms with Crippen LogP contribution in [0, 0.1) is 5.92 Å². The summed E-state index contributed by atoms with van der Waals surface area (Å²) in [4.78, 5) is 4.63. The fraction of sp³-hybridized carbons (Fsp3) is 0.560. The van der Waals surface area contributed by atoms with Gasteiger partial charge in [0.15, 0.2) is 0 Å². The number of unbranched alkanes of at least 4 members (excludes halogenated alkanes) is 4. The molecule has 0 aliphatic rings. The lowest BCUT2D eigenvalue weighted by molar-refractivity contribution is 0.302. The third kappa shape index (κ3) is 8.15. The molecule has 1 atom stereocenters. The molecule has 1 aromatic heterocycles. The molecule has 1 heterocycles. The zero-order chi connectivity index (χ0) is 19.3. The molecule has 0 bridgehead atoms. The van der Waals surface area contributed by atoms with Crippen LogP contribution in [0.25, 0.3) is 11.3 Å². The van der Waals surface area contributed by atoms with E-state index >= 15 is 0 Å². The lowest BCUT2D eigenvalue weighted by Gasteiger charge is -2.09. The number of rotatable bonds is 13. The third-order valence-corrected chi connectivity index (χ3v) is 5.35. The molecule has 0 aliphatic heterocycles. The molecule has 2 nitrogen and oxygen atoms in total. The summed E-state index contributed by atoms with van der Waals surface area (Å²) in [6.07, 6.45) is 13.3. The second-order valence-corrected chi connectivity index (χ2v) is 7.74. The van der Waals surface area contributed by atoms with Gasteiger partial charge >= 0.3 is 0 Å². The normalized spacial score (nSPS) is 12.1. The highest BCUT2D eigenvalue weighted by molar-refractivity contribution is 5.60. The molecule has 0 fully saturated rings. The van der Waals surface area contributed by atoms with Gasteiger partial charge in [-0.05, 0) is 61.1 Å². The number of hydrogen-bond acceptors (Lipinski definition) is 2. The molecule has 2 rings (SSSR count). The fourth-order valence-electron chi connectivity index (χ4n) is 3.21. The molecule has 0 radical (unpaired) electrons. The van der Waals surface area contributed by atoms with Crippen LogP contribution in [0.1, 0.15) is 77.7 Å². The van der Waals surface area contributed by atoms with Crippen molar-refractivity contribution in [1.29, 1.82) is 0 Å². The predicted octanol–water partition coefficient (Wildman–Crippen LogP) is 7.47. The molecule has 0 aliphatic carbocycles. The maximum Gasteiger partial charge on any atom is 0.119 e. The Bertz CT molecular complexity index is 618. The van der Waals surface area contributed by atoms with E-state index in [1.165, 1.54) is 50.5 Å². The molecule has 1 unspecified atom stereocenters. The molecule has 0 saturated carbocycles. The Morgan fingerprint density at radius 1 is 0.889 bits per heavy atom.